The van der Waals surface area contributed by atoms with Crippen molar-refractivity contribution in [3.8, 4) is 0 Å². The van der Waals surface area contributed by atoms with Gasteiger partial charge in [-0.15, -0.1) is 0 Å². The van der Waals surface area contributed by atoms with E-state index in [0.717, 1.165) is 18.5 Å². The van der Waals surface area contributed by atoms with Crippen molar-refractivity contribution in [3.63, 3.8) is 0 Å². The number of carbonyl (C=O) groups excluding carboxylic acids is 1. The molecule has 0 bridgehead atoms. The number of nitrogens with two attached hydrogens (primary N) is 1. The Morgan fingerprint density at radius 3 is 3.00 bits per heavy atom. The second-order valence-electron chi connectivity index (χ2n) is 3.24. The maximum absolute atomic E-state index is 11.1. The lowest BCUT2D eigenvalue weighted by Gasteiger charge is -2.24. The minimum absolute atomic E-state index is 0.299. The third kappa shape index (κ3) is 1.42. The first kappa shape index (κ1) is 8.26. The highest BCUT2D eigenvalue weighted by Gasteiger charge is 2.22. The lowest BCUT2D eigenvalue weighted by Crippen LogP contribution is -2.38. The molecule has 1 amide bonds. The first-order valence-corrected chi connectivity index (χ1v) is 4.39. The molecule has 0 saturated carbocycles. The van der Waals surface area contributed by atoms with Gasteiger partial charge in [0.15, 0.2) is 0 Å². The van der Waals surface area contributed by atoms with Gasteiger partial charge in [-0.05, 0) is 17.5 Å². The zero-order valence-corrected chi connectivity index (χ0v) is 7.29. The summed E-state index contributed by atoms with van der Waals surface area (Å²) >= 11 is 0. The summed E-state index contributed by atoms with van der Waals surface area (Å²) in [5.41, 5.74) is 7.54. The summed E-state index contributed by atoms with van der Waals surface area (Å²) < 4.78 is 0. The van der Waals surface area contributed by atoms with E-state index in [2.05, 4.69) is 5.32 Å². The van der Waals surface area contributed by atoms with E-state index >= 15 is 0 Å². The molecule has 0 spiro atoms. The van der Waals surface area contributed by atoms with Gasteiger partial charge in [0.2, 0.25) is 5.91 Å². The lowest BCUT2D eigenvalue weighted by atomic mass is 9.94. The van der Waals surface area contributed by atoms with Gasteiger partial charge in [-0.25, -0.2) is 0 Å². The molecule has 1 aromatic carbocycles. The summed E-state index contributed by atoms with van der Waals surface area (Å²) in [5.74, 6) is -0.299. The number of nitrogens with one attached hydrogen (secondary N) is 1. The monoisotopic (exact) mass is 176 g/mol. The maximum atomic E-state index is 11.1. The highest BCUT2D eigenvalue weighted by atomic mass is 16.1. The average molecular weight is 176 g/mol. The van der Waals surface area contributed by atoms with Crippen molar-refractivity contribution in [1.82, 2.24) is 5.32 Å². The van der Waals surface area contributed by atoms with E-state index in [9.17, 15) is 4.79 Å². The summed E-state index contributed by atoms with van der Waals surface area (Å²) in [6.45, 7) is 0.824. The minimum Gasteiger partial charge on any atom is -0.368 e. The Kier molecular flexibility index (Phi) is 2.02. The van der Waals surface area contributed by atoms with Gasteiger partial charge >= 0.3 is 0 Å². The average Bonchev–Trinajstić information content (AvgIpc) is 2.17. The van der Waals surface area contributed by atoms with Gasteiger partial charge in [0.1, 0.15) is 6.04 Å². The van der Waals surface area contributed by atoms with Crippen LogP contribution in [0.15, 0.2) is 24.3 Å². The standard InChI is InChI=1S/C10H12N2O/c11-10(13)9-8-4-2-1-3-7(8)5-6-12-9/h1-4,9,12H,5-6H2,(H2,11,13)/t9-/m0/s1. The predicted octanol–water partition coefficient (Wildman–Crippen LogP) is 0.359. The molecule has 1 aromatic rings. The van der Waals surface area contributed by atoms with Crippen molar-refractivity contribution in [2.45, 2.75) is 12.5 Å². The molecule has 1 aliphatic heterocycles. The smallest absolute Gasteiger partial charge is 0.239 e. The number of rotatable bonds is 1. The van der Waals surface area contributed by atoms with E-state index in [1.807, 2.05) is 24.3 Å². The number of fused-ring (bicyclic) bond motifs is 1. The maximum Gasteiger partial charge on any atom is 0.239 e. The van der Waals surface area contributed by atoms with Crippen LogP contribution in [-0.4, -0.2) is 12.5 Å². The molecule has 2 rings (SSSR count). The van der Waals surface area contributed by atoms with Crippen LogP contribution in [0, 0.1) is 0 Å². The number of amides is 1. The van der Waals surface area contributed by atoms with Crippen LogP contribution >= 0.6 is 0 Å². The number of hydrogen-bond donors (Lipinski definition) is 2. The van der Waals surface area contributed by atoms with E-state index in [1.54, 1.807) is 0 Å². The van der Waals surface area contributed by atoms with Crippen LogP contribution in [0.4, 0.5) is 0 Å². The summed E-state index contributed by atoms with van der Waals surface area (Å²) in [5, 5.41) is 3.10. The van der Waals surface area contributed by atoms with Gasteiger partial charge in [-0.3, -0.25) is 4.79 Å². The zero-order chi connectivity index (χ0) is 9.26. The highest BCUT2D eigenvalue weighted by Crippen LogP contribution is 2.21. The molecule has 0 aromatic heterocycles. The van der Waals surface area contributed by atoms with Crippen LogP contribution in [0.5, 0.6) is 0 Å². The molecule has 3 nitrogen and oxygen atoms in total. The fourth-order valence-corrected chi connectivity index (χ4v) is 1.76. The SMILES string of the molecule is NC(=O)[C@H]1NCCc2ccccc21. The molecule has 3 heteroatoms. The Hall–Kier alpha value is -1.35. The van der Waals surface area contributed by atoms with Gasteiger partial charge in [0.25, 0.3) is 0 Å². The van der Waals surface area contributed by atoms with E-state index in [4.69, 9.17) is 5.73 Å². The van der Waals surface area contributed by atoms with E-state index in [-0.39, 0.29) is 11.9 Å². The number of hydrogen-bond acceptors (Lipinski definition) is 2. The van der Waals surface area contributed by atoms with Crippen molar-refractivity contribution in [2.24, 2.45) is 5.73 Å². The fraction of sp³-hybridized carbons (Fsp3) is 0.300. The van der Waals surface area contributed by atoms with Gasteiger partial charge in [-0.2, -0.15) is 0 Å². The molecule has 1 aliphatic rings. The van der Waals surface area contributed by atoms with E-state index in [0.29, 0.717) is 0 Å². The van der Waals surface area contributed by atoms with Gasteiger partial charge < -0.3 is 11.1 Å². The van der Waals surface area contributed by atoms with Gasteiger partial charge in [0, 0.05) is 6.54 Å². The Labute approximate surface area is 76.9 Å². The van der Waals surface area contributed by atoms with Crippen molar-refractivity contribution >= 4 is 5.91 Å². The summed E-state index contributed by atoms with van der Waals surface area (Å²) in [6.07, 6.45) is 0.972. The molecule has 1 atom stereocenters. The lowest BCUT2D eigenvalue weighted by molar-refractivity contribution is -0.120. The van der Waals surface area contributed by atoms with Crippen molar-refractivity contribution in [2.75, 3.05) is 6.54 Å². The molecule has 1 heterocycles. The zero-order valence-electron chi connectivity index (χ0n) is 7.29. The molecule has 0 fully saturated rings. The second kappa shape index (κ2) is 3.18. The molecule has 68 valence electrons. The Morgan fingerprint density at radius 1 is 1.46 bits per heavy atom. The van der Waals surface area contributed by atoms with E-state index < -0.39 is 0 Å². The van der Waals surface area contributed by atoms with Crippen LogP contribution in [-0.2, 0) is 11.2 Å². The quantitative estimate of drug-likeness (QED) is 0.649. The molecule has 0 unspecified atom stereocenters. The van der Waals surface area contributed by atoms with Gasteiger partial charge in [0.05, 0.1) is 0 Å². The Bertz CT molecular complexity index is 335. The van der Waals surface area contributed by atoms with Crippen molar-refractivity contribution in [3.05, 3.63) is 35.4 Å². The Balaban J connectivity index is 2.42. The summed E-state index contributed by atoms with van der Waals surface area (Å²) in [4.78, 5) is 11.1. The third-order valence-corrected chi connectivity index (χ3v) is 2.39. The number of primary amides is 1. The molecular weight excluding hydrogens is 164 g/mol. The highest BCUT2D eigenvalue weighted by molar-refractivity contribution is 5.82. The first-order chi connectivity index (χ1) is 6.29. The molecule has 13 heavy (non-hydrogen) atoms. The van der Waals surface area contributed by atoms with Crippen molar-refractivity contribution < 1.29 is 4.79 Å². The number of benzene rings is 1. The molecule has 0 saturated heterocycles. The normalized spacial score (nSPS) is 20.8. The molecule has 3 N–H and O–H groups in total. The Morgan fingerprint density at radius 2 is 2.23 bits per heavy atom. The molecule has 0 radical (unpaired) electrons. The first-order valence-electron chi connectivity index (χ1n) is 4.39. The second-order valence-corrected chi connectivity index (χ2v) is 3.24. The molecular formula is C10H12N2O. The topological polar surface area (TPSA) is 55.1 Å². The fourth-order valence-electron chi connectivity index (χ4n) is 1.76. The van der Waals surface area contributed by atoms with Crippen molar-refractivity contribution in [1.29, 1.82) is 0 Å². The van der Waals surface area contributed by atoms with Crippen LogP contribution in [0.2, 0.25) is 0 Å². The van der Waals surface area contributed by atoms with Crippen LogP contribution in [0.1, 0.15) is 17.2 Å². The van der Waals surface area contributed by atoms with Crippen LogP contribution < -0.4 is 11.1 Å². The summed E-state index contributed by atoms with van der Waals surface area (Å²) in [6, 6.07) is 7.62. The van der Waals surface area contributed by atoms with Crippen LogP contribution in [0.3, 0.4) is 0 Å². The predicted molar refractivity (Wildman–Crippen MR) is 50.1 cm³/mol. The van der Waals surface area contributed by atoms with Gasteiger partial charge in [-0.1, -0.05) is 24.3 Å². The molecule has 0 aliphatic carbocycles. The largest absolute Gasteiger partial charge is 0.368 e. The summed E-state index contributed by atoms with van der Waals surface area (Å²) in [7, 11) is 0. The number of carbonyl (C=O) groups is 1. The van der Waals surface area contributed by atoms with E-state index in [1.165, 1.54) is 5.56 Å². The minimum atomic E-state index is -0.301. The third-order valence-electron chi connectivity index (χ3n) is 2.39. The van der Waals surface area contributed by atoms with Crippen LogP contribution in [0.25, 0.3) is 0 Å².